The summed E-state index contributed by atoms with van der Waals surface area (Å²) in [5, 5.41) is 0. The van der Waals surface area contributed by atoms with E-state index >= 15 is 0 Å². The smallest absolute Gasteiger partial charge is 0.207 e. The van der Waals surface area contributed by atoms with Gasteiger partial charge in [0.15, 0.2) is 0 Å². The zero-order valence-corrected chi connectivity index (χ0v) is 17.5. The highest BCUT2D eigenvalue weighted by Crippen LogP contribution is 2.27. The molecule has 0 aliphatic heterocycles. The predicted molar refractivity (Wildman–Crippen MR) is 111 cm³/mol. The molecule has 0 heterocycles. The van der Waals surface area contributed by atoms with Gasteiger partial charge in [0, 0.05) is 16.2 Å². The van der Waals surface area contributed by atoms with Crippen LogP contribution in [0.25, 0.3) is 0 Å². The molecule has 0 fully saturated rings. The van der Waals surface area contributed by atoms with Crippen molar-refractivity contribution in [1.82, 2.24) is 4.72 Å². The highest BCUT2D eigenvalue weighted by atomic mass is 32.2. The Hall–Kier alpha value is -1.30. The van der Waals surface area contributed by atoms with Gasteiger partial charge in [-0.2, -0.15) is 0 Å². The first-order valence-electron chi connectivity index (χ1n) is 9.13. The van der Waals surface area contributed by atoms with Gasteiger partial charge in [-0.3, -0.25) is 0 Å². The van der Waals surface area contributed by atoms with E-state index < -0.39 is 15.6 Å². The van der Waals surface area contributed by atoms with Crippen molar-refractivity contribution in [2.24, 2.45) is 0 Å². The van der Waals surface area contributed by atoms with Gasteiger partial charge >= 0.3 is 0 Å². The average Bonchev–Trinajstić information content (AvgIpc) is 2.61. The number of benzene rings is 2. The third kappa shape index (κ3) is 6.45. The first kappa shape index (κ1) is 21.0. The van der Waals surface area contributed by atoms with Gasteiger partial charge in [-0.25, -0.2) is 13.1 Å². The summed E-state index contributed by atoms with van der Waals surface area (Å²) in [6, 6.07) is 17.1. The molecule has 1 unspecified atom stereocenters. The minimum atomic E-state index is -3.54. The van der Waals surface area contributed by atoms with Crippen molar-refractivity contribution < 1.29 is 8.42 Å². The van der Waals surface area contributed by atoms with Gasteiger partial charge in [0.25, 0.3) is 0 Å². The molecule has 2 aromatic rings. The van der Waals surface area contributed by atoms with Crippen molar-refractivity contribution in [3.05, 3.63) is 60.2 Å². The topological polar surface area (TPSA) is 46.2 Å². The standard InChI is InChI=1S/C21H29NO2S2/c1-4-5-9-16-21(3,17-25-19-10-7-6-8-11-19)22-26(23,24)20-14-12-18(2)13-15-20/h6-8,10-15,22H,4-5,9,16-17H2,1-3H3. The summed E-state index contributed by atoms with van der Waals surface area (Å²) in [4.78, 5) is 1.48. The molecule has 5 heteroatoms. The second kappa shape index (κ2) is 9.58. The number of unbranched alkanes of at least 4 members (excludes halogenated alkanes) is 2. The van der Waals surface area contributed by atoms with Crippen LogP contribution < -0.4 is 4.72 Å². The largest absolute Gasteiger partial charge is 0.241 e. The van der Waals surface area contributed by atoms with E-state index in [9.17, 15) is 8.42 Å². The molecule has 142 valence electrons. The molecule has 2 rings (SSSR count). The summed E-state index contributed by atoms with van der Waals surface area (Å²) in [6.07, 6.45) is 4.06. The fraction of sp³-hybridized carbons (Fsp3) is 0.429. The fourth-order valence-corrected chi connectivity index (χ4v) is 5.36. The van der Waals surface area contributed by atoms with E-state index in [0.717, 1.165) is 36.1 Å². The van der Waals surface area contributed by atoms with Crippen LogP contribution in [0.4, 0.5) is 0 Å². The number of sulfonamides is 1. The Kier molecular flexibility index (Phi) is 7.74. The highest BCUT2D eigenvalue weighted by molar-refractivity contribution is 7.99. The molecule has 3 nitrogen and oxygen atoms in total. The van der Waals surface area contributed by atoms with Crippen molar-refractivity contribution in [2.75, 3.05) is 5.75 Å². The summed E-state index contributed by atoms with van der Waals surface area (Å²) in [6.45, 7) is 6.13. The third-order valence-corrected chi connectivity index (χ3v) is 7.39. The molecule has 0 bridgehead atoms. The molecule has 0 radical (unpaired) electrons. The van der Waals surface area contributed by atoms with Crippen LogP contribution in [-0.2, 0) is 10.0 Å². The first-order valence-corrected chi connectivity index (χ1v) is 11.6. The zero-order valence-electron chi connectivity index (χ0n) is 15.9. The van der Waals surface area contributed by atoms with Crippen LogP contribution in [0.5, 0.6) is 0 Å². The van der Waals surface area contributed by atoms with E-state index in [4.69, 9.17) is 0 Å². The Labute approximate surface area is 162 Å². The SMILES string of the molecule is CCCCCC(C)(CSc1ccccc1)NS(=O)(=O)c1ccc(C)cc1. The summed E-state index contributed by atoms with van der Waals surface area (Å²) in [5.74, 6) is 0.700. The Morgan fingerprint density at radius 3 is 2.27 bits per heavy atom. The summed E-state index contributed by atoms with van der Waals surface area (Å²) in [5.41, 5.74) is 0.564. The minimum absolute atomic E-state index is 0.328. The molecule has 0 spiro atoms. The quantitative estimate of drug-likeness (QED) is 0.435. The molecule has 0 aliphatic rings. The first-order chi connectivity index (χ1) is 12.3. The lowest BCUT2D eigenvalue weighted by molar-refractivity contribution is 0.410. The Bertz CT molecular complexity index is 773. The zero-order chi connectivity index (χ0) is 19.0. The second-order valence-corrected chi connectivity index (χ2v) is 9.77. The molecule has 1 N–H and O–H groups in total. The molecular formula is C21H29NO2S2. The summed E-state index contributed by atoms with van der Waals surface area (Å²) < 4.78 is 28.8. The van der Waals surface area contributed by atoms with E-state index in [0.29, 0.717) is 10.6 Å². The van der Waals surface area contributed by atoms with Gasteiger partial charge in [-0.15, -0.1) is 11.8 Å². The van der Waals surface area contributed by atoms with Gasteiger partial charge in [0.05, 0.1) is 4.90 Å². The Balaban J connectivity index is 2.15. The van der Waals surface area contributed by atoms with Crippen molar-refractivity contribution in [3.63, 3.8) is 0 Å². The average molecular weight is 392 g/mol. The Morgan fingerprint density at radius 2 is 1.65 bits per heavy atom. The summed E-state index contributed by atoms with van der Waals surface area (Å²) in [7, 11) is -3.54. The number of aryl methyl sites for hydroxylation is 1. The van der Waals surface area contributed by atoms with Crippen molar-refractivity contribution in [1.29, 1.82) is 0 Å². The lowest BCUT2D eigenvalue weighted by atomic mass is 9.98. The van der Waals surface area contributed by atoms with Crippen LogP contribution in [0, 0.1) is 6.92 Å². The molecule has 2 aromatic carbocycles. The number of nitrogens with one attached hydrogen (secondary N) is 1. The van der Waals surface area contributed by atoms with Crippen LogP contribution >= 0.6 is 11.8 Å². The normalized spacial score (nSPS) is 14.1. The molecule has 0 saturated heterocycles. The number of thioether (sulfide) groups is 1. The monoisotopic (exact) mass is 391 g/mol. The second-order valence-electron chi connectivity index (χ2n) is 7.04. The fourth-order valence-electron chi connectivity index (χ4n) is 2.78. The van der Waals surface area contributed by atoms with Gasteiger partial charge in [0.1, 0.15) is 0 Å². The number of hydrogen-bond acceptors (Lipinski definition) is 3. The minimum Gasteiger partial charge on any atom is -0.207 e. The molecule has 26 heavy (non-hydrogen) atoms. The van der Waals surface area contributed by atoms with Crippen LogP contribution in [0.15, 0.2) is 64.4 Å². The Morgan fingerprint density at radius 1 is 1.00 bits per heavy atom. The molecule has 0 saturated carbocycles. The van der Waals surface area contributed by atoms with Crippen molar-refractivity contribution >= 4 is 21.8 Å². The lowest BCUT2D eigenvalue weighted by Crippen LogP contribution is -2.47. The molecular weight excluding hydrogens is 362 g/mol. The van der Waals surface area contributed by atoms with Crippen LogP contribution in [0.3, 0.4) is 0 Å². The van der Waals surface area contributed by atoms with Crippen LogP contribution in [0.2, 0.25) is 0 Å². The van der Waals surface area contributed by atoms with Crippen LogP contribution in [-0.4, -0.2) is 19.7 Å². The maximum atomic E-state index is 12.9. The molecule has 1 atom stereocenters. The molecule has 0 aliphatic carbocycles. The van der Waals surface area contributed by atoms with Gasteiger partial charge in [-0.1, -0.05) is 62.1 Å². The van der Waals surface area contributed by atoms with Crippen molar-refractivity contribution in [3.8, 4) is 0 Å². The lowest BCUT2D eigenvalue weighted by Gasteiger charge is -2.30. The van der Waals surface area contributed by atoms with Crippen LogP contribution in [0.1, 0.15) is 45.1 Å². The van der Waals surface area contributed by atoms with E-state index in [2.05, 4.69) is 23.8 Å². The third-order valence-electron chi connectivity index (χ3n) is 4.34. The van der Waals surface area contributed by atoms with Gasteiger partial charge < -0.3 is 0 Å². The molecule has 0 amide bonds. The van der Waals surface area contributed by atoms with E-state index in [1.807, 2.05) is 44.2 Å². The van der Waals surface area contributed by atoms with Crippen molar-refractivity contribution in [2.45, 2.75) is 61.8 Å². The molecule has 0 aromatic heterocycles. The van der Waals surface area contributed by atoms with E-state index in [1.165, 1.54) is 0 Å². The van der Waals surface area contributed by atoms with Gasteiger partial charge in [-0.05, 0) is 44.5 Å². The predicted octanol–water partition coefficient (Wildman–Crippen LogP) is 5.40. The maximum absolute atomic E-state index is 12.9. The maximum Gasteiger partial charge on any atom is 0.241 e. The van der Waals surface area contributed by atoms with Gasteiger partial charge in [0.2, 0.25) is 10.0 Å². The summed E-state index contributed by atoms with van der Waals surface area (Å²) >= 11 is 1.70. The van der Waals surface area contributed by atoms with E-state index in [-0.39, 0.29) is 0 Å². The van der Waals surface area contributed by atoms with E-state index in [1.54, 1.807) is 23.9 Å². The highest BCUT2D eigenvalue weighted by Gasteiger charge is 2.30. The number of hydrogen-bond donors (Lipinski definition) is 1. The number of rotatable bonds is 10.